The Morgan fingerprint density at radius 1 is 1.33 bits per heavy atom. The molecule has 0 bridgehead atoms. The van der Waals surface area contributed by atoms with Crippen molar-refractivity contribution in [3.63, 3.8) is 0 Å². The number of ether oxygens (including phenoxy) is 1. The van der Waals surface area contributed by atoms with Gasteiger partial charge in [0.15, 0.2) is 0 Å². The lowest BCUT2D eigenvalue weighted by molar-refractivity contribution is -0.150. The van der Waals surface area contributed by atoms with Gasteiger partial charge < -0.3 is 15.0 Å². The van der Waals surface area contributed by atoms with Crippen LogP contribution in [0.2, 0.25) is 0 Å². The van der Waals surface area contributed by atoms with E-state index in [1.807, 2.05) is 0 Å². The Morgan fingerprint density at radius 3 is 2.71 bits per heavy atom. The number of methoxy groups -OCH3 is 1. The highest BCUT2D eigenvalue weighted by atomic mass is 19.1. The van der Waals surface area contributed by atoms with E-state index >= 15 is 0 Å². The van der Waals surface area contributed by atoms with Crippen molar-refractivity contribution in [1.82, 2.24) is 10.2 Å². The molecule has 1 saturated heterocycles. The molecule has 7 heteroatoms. The van der Waals surface area contributed by atoms with E-state index in [9.17, 15) is 18.8 Å². The van der Waals surface area contributed by atoms with E-state index in [2.05, 4.69) is 10.1 Å². The monoisotopic (exact) mass is 334 g/mol. The first-order chi connectivity index (χ1) is 11.5. The van der Waals surface area contributed by atoms with Gasteiger partial charge in [0.05, 0.1) is 13.5 Å². The summed E-state index contributed by atoms with van der Waals surface area (Å²) in [5.41, 5.74) is 0.917. The Kier molecular flexibility index (Phi) is 4.51. The summed E-state index contributed by atoms with van der Waals surface area (Å²) in [4.78, 5) is 37.8. The van der Waals surface area contributed by atoms with Gasteiger partial charge in [0.2, 0.25) is 11.8 Å². The molecule has 128 valence electrons. The van der Waals surface area contributed by atoms with Gasteiger partial charge >= 0.3 is 5.97 Å². The van der Waals surface area contributed by atoms with Crippen LogP contribution in [-0.2, 0) is 19.1 Å². The first kappa shape index (κ1) is 16.4. The summed E-state index contributed by atoms with van der Waals surface area (Å²) < 4.78 is 17.6. The van der Waals surface area contributed by atoms with Gasteiger partial charge in [0.1, 0.15) is 11.9 Å². The van der Waals surface area contributed by atoms with E-state index in [0.29, 0.717) is 19.5 Å². The molecule has 3 rings (SSSR count). The van der Waals surface area contributed by atoms with Gasteiger partial charge in [0.25, 0.3) is 0 Å². The second-order valence-electron chi connectivity index (χ2n) is 6.12. The minimum Gasteiger partial charge on any atom is -0.469 e. The molecule has 24 heavy (non-hydrogen) atoms. The third kappa shape index (κ3) is 3.25. The van der Waals surface area contributed by atoms with Gasteiger partial charge in [-0.2, -0.15) is 0 Å². The van der Waals surface area contributed by atoms with Crippen LogP contribution in [0.4, 0.5) is 4.39 Å². The van der Waals surface area contributed by atoms with Gasteiger partial charge in [-0.15, -0.1) is 0 Å². The minimum absolute atomic E-state index is 0.0434. The normalized spacial score (nSPS) is 25.8. The maximum atomic E-state index is 13.0. The van der Waals surface area contributed by atoms with E-state index < -0.39 is 12.0 Å². The summed E-state index contributed by atoms with van der Waals surface area (Å²) in [5.74, 6) is -1.48. The van der Waals surface area contributed by atoms with Crippen LogP contribution < -0.4 is 5.32 Å². The smallest absolute Gasteiger partial charge is 0.308 e. The number of carbonyl (C=O) groups excluding carboxylic acids is 3. The molecule has 0 aromatic heterocycles. The predicted molar refractivity (Wildman–Crippen MR) is 82.4 cm³/mol. The zero-order chi connectivity index (χ0) is 17.3. The average Bonchev–Trinajstić information content (AvgIpc) is 3.37. The first-order valence-electron chi connectivity index (χ1n) is 7.91. The molecule has 6 nitrogen and oxygen atoms in total. The second-order valence-corrected chi connectivity index (χ2v) is 6.12. The summed E-state index contributed by atoms with van der Waals surface area (Å²) in [5, 5.41) is 2.67. The summed E-state index contributed by atoms with van der Waals surface area (Å²) in [6.45, 7) is 0.745. The van der Waals surface area contributed by atoms with Gasteiger partial charge in [-0.1, -0.05) is 12.1 Å². The number of esters is 1. The summed E-state index contributed by atoms with van der Waals surface area (Å²) in [7, 11) is 1.25. The lowest BCUT2D eigenvalue weighted by Crippen LogP contribution is -2.58. The predicted octanol–water partition coefficient (Wildman–Crippen LogP) is 0.819. The lowest BCUT2D eigenvalue weighted by atomic mass is 10.1. The van der Waals surface area contributed by atoms with Gasteiger partial charge in [-0.05, 0) is 30.0 Å². The number of hydrogen-bond donors (Lipinski definition) is 1. The van der Waals surface area contributed by atoms with Gasteiger partial charge in [0, 0.05) is 19.0 Å². The molecule has 1 aliphatic carbocycles. The van der Waals surface area contributed by atoms with Crippen LogP contribution in [0, 0.1) is 11.7 Å². The standard InChI is InChI=1S/C17H19FN2O4/c1-24-15(21)9-14-16(22)19-6-7-20(14)17(23)13-8-12(13)10-2-4-11(18)5-3-10/h2-5,12-14H,6-9H2,1H3,(H,19,22). The maximum Gasteiger partial charge on any atom is 0.308 e. The molecule has 1 heterocycles. The van der Waals surface area contributed by atoms with E-state index in [1.165, 1.54) is 24.1 Å². The molecule has 0 spiro atoms. The molecule has 3 unspecified atom stereocenters. The lowest BCUT2D eigenvalue weighted by Gasteiger charge is -2.34. The van der Waals surface area contributed by atoms with Crippen LogP contribution in [-0.4, -0.2) is 48.9 Å². The molecule has 3 atom stereocenters. The number of amides is 2. The molecule has 2 amide bonds. The SMILES string of the molecule is COC(=O)CC1C(=O)NCCN1C(=O)C1CC1c1ccc(F)cc1. The number of piperazine rings is 1. The third-order valence-corrected chi connectivity index (χ3v) is 4.61. The van der Waals surface area contributed by atoms with Crippen LogP contribution in [0.1, 0.15) is 24.3 Å². The van der Waals surface area contributed by atoms with Crippen LogP contribution >= 0.6 is 0 Å². The van der Waals surface area contributed by atoms with Crippen molar-refractivity contribution in [2.75, 3.05) is 20.2 Å². The average molecular weight is 334 g/mol. The van der Waals surface area contributed by atoms with E-state index in [1.54, 1.807) is 12.1 Å². The van der Waals surface area contributed by atoms with Crippen molar-refractivity contribution in [2.45, 2.75) is 24.8 Å². The van der Waals surface area contributed by atoms with Gasteiger partial charge in [-0.25, -0.2) is 4.39 Å². The molecule has 1 N–H and O–H groups in total. The Labute approximate surface area is 139 Å². The van der Waals surface area contributed by atoms with Crippen LogP contribution in [0.5, 0.6) is 0 Å². The van der Waals surface area contributed by atoms with Crippen molar-refractivity contribution < 1.29 is 23.5 Å². The topological polar surface area (TPSA) is 75.7 Å². The fourth-order valence-electron chi connectivity index (χ4n) is 3.18. The Hall–Kier alpha value is -2.44. The zero-order valence-electron chi connectivity index (χ0n) is 13.3. The zero-order valence-corrected chi connectivity index (χ0v) is 13.3. The fourth-order valence-corrected chi connectivity index (χ4v) is 3.18. The van der Waals surface area contributed by atoms with Crippen molar-refractivity contribution in [3.8, 4) is 0 Å². The molecule has 1 aromatic carbocycles. The number of halogens is 1. The highest BCUT2D eigenvalue weighted by molar-refractivity contribution is 5.93. The van der Waals surface area contributed by atoms with Crippen molar-refractivity contribution >= 4 is 17.8 Å². The molecule has 2 fully saturated rings. The van der Waals surface area contributed by atoms with Crippen molar-refractivity contribution in [2.24, 2.45) is 5.92 Å². The Bertz CT molecular complexity index is 661. The van der Waals surface area contributed by atoms with Crippen LogP contribution in [0.3, 0.4) is 0 Å². The Balaban J connectivity index is 1.70. The van der Waals surface area contributed by atoms with E-state index in [-0.39, 0.29) is 35.9 Å². The molecular weight excluding hydrogens is 315 g/mol. The molecular formula is C17H19FN2O4. The maximum absolute atomic E-state index is 13.0. The Morgan fingerprint density at radius 2 is 2.04 bits per heavy atom. The molecule has 2 aliphatic rings. The minimum atomic E-state index is -0.826. The largest absolute Gasteiger partial charge is 0.469 e. The quantitative estimate of drug-likeness (QED) is 0.827. The number of benzene rings is 1. The van der Waals surface area contributed by atoms with E-state index in [4.69, 9.17) is 0 Å². The molecule has 1 saturated carbocycles. The summed E-state index contributed by atoms with van der Waals surface area (Å²) in [6, 6.07) is 5.30. The van der Waals surface area contributed by atoms with Crippen molar-refractivity contribution in [1.29, 1.82) is 0 Å². The number of hydrogen-bond acceptors (Lipinski definition) is 4. The third-order valence-electron chi connectivity index (χ3n) is 4.61. The van der Waals surface area contributed by atoms with Crippen molar-refractivity contribution in [3.05, 3.63) is 35.6 Å². The second kappa shape index (κ2) is 6.59. The van der Waals surface area contributed by atoms with E-state index in [0.717, 1.165) is 5.56 Å². The highest BCUT2D eigenvalue weighted by Crippen LogP contribution is 2.48. The molecule has 1 aromatic rings. The highest BCUT2D eigenvalue weighted by Gasteiger charge is 2.48. The fraction of sp³-hybridized carbons (Fsp3) is 0.471. The number of nitrogens with one attached hydrogen (secondary N) is 1. The van der Waals surface area contributed by atoms with Crippen LogP contribution in [0.15, 0.2) is 24.3 Å². The molecule has 1 aliphatic heterocycles. The van der Waals surface area contributed by atoms with Gasteiger partial charge in [-0.3, -0.25) is 14.4 Å². The first-order valence-corrected chi connectivity index (χ1v) is 7.91. The number of rotatable bonds is 4. The molecule has 0 radical (unpaired) electrons. The van der Waals surface area contributed by atoms with Crippen LogP contribution in [0.25, 0.3) is 0 Å². The summed E-state index contributed by atoms with van der Waals surface area (Å²) >= 11 is 0. The number of nitrogens with zero attached hydrogens (tertiary/aromatic N) is 1. The number of carbonyl (C=O) groups is 3. The summed E-state index contributed by atoms with van der Waals surface area (Å²) in [6.07, 6.45) is 0.523.